The molecule has 0 saturated carbocycles. The van der Waals surface area contributed by atoms with Gasteiger partial charge in [0.25, 0.3) is 0 Å². The summed E-state index contributed by atoms with van der Waals surface area (Å²) in [6.45, 7) is 1.93. The Bertz CT molecular complexity index is 1180. The molecular formula is C27H28BrN3O4. The van der Waals surface area contributed by atoms with E-state index in [9.17, 15) is 14.7 Å². The Morgan fingerprint density at radius 3 is 2.51 bits per heavy atom. The summed E-state index contributed by atoms with van der Waals surface area (Å²) in [5.74, 6) is -0.405. The normalized spacial score (nSPS) is 12.6. The monoisotopic (exact) mass is 537 g/mol. The van der Waals surface area contributed by atoms with Gasteiger partial charge in [-0.05, 0) is 67.3 Å². The highest BCUT2D eigenvalue weighted by Gasteiger charge is 2.26. The van der Waals surface area contributed by atoms with Crippen LogP contribution in [0.15, 0.2) is 89.4 Å². The van der Waals surface area contributed by atoms with Crippen molar-refractivity contribution in [2.24, 2.45) is 5.92 Å². The number of nitrogen functional groups attached to an aromatic ring is 1. The minimum absolute atomic E-state index is 0.0351. The summed E-state index contributed by atoms with van der Waals surface area (Å²) < 4.78 is 6.52. The highest BCUT2D eigenvalue weighted by atomic mass is 79.9. The molecular weight excluding hydrogens is 510 g/mol. The first-order valence-corrected chi connectivity index (χ1v) is 12.0. The summed E-state index contributed by atoms with van der Waals surface area (Å²) in [6.07, 6.45) is 3.05. The number of phenolic OH excluding ortho intramolecular Hbond substituents is 1. The Hall–Kier alpha value is -3.78. The fourth-order valence-electron chi connectivity index (χ4n) is 3.51. The van der Waals surface area contributed by atoms with Crippen molar-refractivity contribution in [1.29, 1.82) is 0 Å². The predicted molar refractivity (Wildman–Crippen MR) is 142 cm³/mol. The summed E-state index contributed by atoms with van der Waals surface area (Å²) in [5.41, 5.74) is 8.00. The van der Waals surface area contributed by atoms with Crippen molar-refractivity contribution in [2.45, 2.75) is 25.9 Å². The maximum absolute atomic E-state index is 12.6. The minimum atomic E-state index is -0.706. The number of phenols is 1. The van der Waals surface area contributed by atoms with E-state index in [2.05, 4.69) is 26.6 Å². The number of nitrogens with one attached hydrogen (secondary N) is 2. The maximum Gasteiger partial charge on any atom is 0.412 e. The topological polar surface area (TPSA) is 114 Å². The number of anilines is 3. The standard InChI is InChI=1S/C27H28BrN3O4/c1-18(9-5-8-14-25(33)31-23-13-7-6-12-22(23)29)26(21-17-19(28)15-16-24(21)32)35-27(34)30-20-10-3-2-4-11-20/h2-4,6-8,10-18,26,32H,5,9,29H2,1H3,(H,30,34)(H,31,33)/b14-8+/t18-,26+/m0/s1. The second-order valence-electron chi connectivity index (χ2n) is 8.05. The first-order chi connectivity index (χ1) is 16.8. The van der Waals surface area contributed by atoms with Crippen LogP contribution in [0.4, 0.5) is 21.9 Å². The highest BCUT2D eigenvalue weighted by Crippen LogP contribution is 2.36. The van der Waals surface area contributed by atoms with Crippen molar-refractivity contribution < 1.29 is 19.4 Å². The first-order valence-electron chi connectivity index (χ1n) is 11.2. The average Bonchev–Trinajstić information content (AvgIpc) is 2.84. The number of ether oxygens (including phenoxy) is 1. The number of halogens is 1. The number of aromatic hydroxyl groups is 1. The van der Waals surface area contributed by atoms with Crippen LogP contribution in [0.25, 0.3) is 0 Å². The average molecular weight is 538 g/mol. The highest BCUT2D eigenvalue weighted by molar-refractivity contribution is 9.10. The van der Waals surface area contributed by atoms with Gasteiger partial charge in [0.15, 0.2) is 0 Å². The second kappa shape index (κ2) is 12.6. The number of nitrogens with two attached hydrogens (primary N) is 1. The molecule has 0 aliphatic rings. The zero-order valence-electron chi connectivity index (χ0n) is 19.3. The molecule has 3 aromatic rings. The molecule has 0 radical (unpaired) electrons. The van der Waals surface area contributed by atoms with Gasteiger partial charge in [-0.25, -0.2) is 4.79 Å². The lowest BCUT2D eigenvalue weighted by molar-refractivity contribution is -0.111. The Morgan fingerprint density at radius 2 is 1.77 bits per heavy atom. The third-order valence-electron chi connectivity index (χ3n) is 5.34. The van der Waals surface area contributed by atoms with E-state index >= 15 is 0 Å². The number of benzene rings is 3. The number of amides is 2. The predicted octanol–water partition coefficient (Wildman–Crippen LogP) is 6.64. The molecule has 8 heteroatoms. The van der Waals surface area contributed by atoms with Gasteiger partial charge in [0.2, 0.25) is 5.91 Å². The van der Waals surface area contributed by atoms with Gasteiger partial charge >= 0.3 is 6.09 Å². The third kappa shape index (κ3) is 7.89. The van der Waals surface area contributed by atoms with Crippen LogP contribution in [0.3, 0.4) is 0 Å². The molecule has 3 aromatic carbocycles. The van der Waals surface area contributed by atoms with E-state index in [0.29, 0.717) is 35.5 Å². The van der Waals surface area contributed by atoms with Crippen LogP contribution in [0.1, 0.15) is 31.4 Å². The molecule has 0 aliphatic heterocycles. The fourth-order valence-corrected chi connectivity index (χ4v) is 3.89. The summed E-state index contributed by atoms with van der Waals surface area (Å²) in [5, 5.41) is 15.9. The van der Waals surface area contributed by atoms with Gasteiger partial charge in [-0.2, -0.15) is 0 Å². The van der Waals surface area contributed by atoms with Crippen LogP contribution in [0.2, 0.25) is 0 Å². The minimum Gasteiger partial charge on any atom is -0.508 e. The summed E-state index contributed by atoms with van der Waals surface area (Å²) in [6, 6.07) is 21.0. The molecule has 2 amide bonds. The molecule has 7 nitrogen and oxygen atoms in total. The number of allylic oxidation sites excluding steroid dienone is 1. The molecule has 0 unspecified atom stereocenters. The fraction of sp³-hybridized carbons (Fsp3) is 0.185. The van der Waals surface area contributed by atoms with Gasteiger partial charge in [-0.3, -0.25) is 10.1 Å². The van der Waals surface area contributed by atoms with Crippen LogP contribution in [0, 0.1) is 5.92 Å². The zero-order chi connectivity index (χ0) is 25.2. The second-order valence-corrected chi connectivity index (χ2v) is 8.97. The largest absolute Gasteiger partial charge is 0.508 e. The van der Waals surface area contributed by atoms with Gasteiger partial charge in [0.05, 0.1) is 11.4 Å². The number of carbonyl (C=O) groups excluding carboxylic acids is 2. The molecule has 0 saturated heterocycles. The van der Waals surface area contributed by atoms with Gasteiger partial charge in [0, 0.05) is 15.7 Å². The molecule has 0 aromatic heterocycles. The quantitative estimate of drug-likeness (QED) is 0.180. The van der Waals surface area contributed by atoms with Crippen LogP contribution in [0.5, 0.6) is 5.75 Å². The molecule has 5 N–H and O–H groups in total. The van der Waals surface area contributed by atoms with Crippen LogP contribution >= 0.6 is 15.9 Å². The Morgan fingerprint density at radius 1 is 1.06 bits per heavy atom. The Kier molecular flexibility index (Phi) is 9.31. The number of hydrogen-bond acceptors (Lipinski definition) is 5. The van der Waals surface area contributed by atoms with Crippen molar-refractivity contribution in [3.63, 3.8) is 0 Å². The zero-order valence-corrected chi connectivity index (χ0v) is 20.9. The molecule has 35 heavy (non-hydrogen) atoms. The van der Waals surface area contributed by atoms with E-state index in [1.165, 1.54) is 6.08 Å². The molecule has 0 spiro atoms. The summed E-state index contributed by atoms with van der Waals surface area (Å²) in [4.78, 5) is 24.8. The summed E-state index contributed by atoms with van der Waals surface area (Å²) in [7, 11) is 0. The lowest BCUT2D eigenvalue weighted by Crippen LogP contribution is -2.22. The van der Waals surface area contributed by atoms with Crippen LogP contribution in [-0.4, -0.2) is 17.1 Å². The lowest BCUT2D eigenvalue weighted by atomic mass is 9.92. The lowest BCUT2D eigenvalue weighted by Gasteiger charge is -2.25. The van der Waals surface area contributed by atoms with E-state index in [4.69, 9.17) is 10.5 Å². The Labute approximate surface area is 213 Å². The van der Waals surface area contributed by atoms with E-state index in [1.54, 1.807) is 60.7 Å². The molecule has 3 rings (SSSR count). The number of carbonyl (C=O) groups is 2. The van der Waals surface area contributed by atoms with E-state index < -0.39 is 12.2 Å². The molecule has 2 atom stereocenters. The van der Waals surface area contributed by atoms with Crippen molar-refractivity contribution >= 4 is 45.0 Å². The first kappa shape index (κ1) is 25.8. The summed E-state index contributed by atoms with van der Waals surface area (Å²) >= 11 is 3.41. The van der Waals surface area contributed by atoms with E-state index in [1.807, 2.05) is 25.1 Å². The van der Waals surface area contributed by atoms with Gasteiger partial charge < -0.3 is 20.9 Å². The molecule has 0 aliphatic carbocycles. The molecule has 0 bridgehead atoms. The number of hydrogen-bond donors (Lipinski definition) is 4. The Balaban J connectivity index is 1.64. The smallest absolute Gasteiger partial charge is 0.412 e. The maximum atomic E-state index is 12.6. The number of para-hydroxylation sites is 3. The van der Waals surface area contributed by atoms with Gasteiger partial charge in [-0.1, -0.05) is 59.3 Å². The van der Waals surface area contributed by atoms with E-state index in [0.717, 1.165) is 4.47 Å². The van der Waals surface area contributed by atoms with E-state index in [-0.39, 0.29) is 17.6 Å². The van der Waals surface area contributed by atoms with Crippen LogP contribution in [-0.2, 0) is 9.53 Å². The molecule has 0 fully saturated rings. The van der Waals surface area contributed by atoms with Gasteiger partial charge in [0.1, 0.15) is 11.9 Å². The van der Waals surface area contributed by atoms with Crippen molar-refractivity contribution in [1.82, 2.24) is 0 Å². The number of rotatable bonds is 9. The SMILES string of the molecule is C[C@@H](CC/C=C/C(=O)Nc1ccccc1N)[C@@H](OC(=O)Nc1ccccc1)c1cc(Br)ccc1O. The molecule has 182 valence electrons. The van der Waals surface area contributed by atoms with Crippen molar-refractivity contribution in [3.05, 3.63) is 95.0 Å². The van der Waals surface area contributed by atoms with Crippen molar-refractivity contribution in [2.75, 3.05) is 16.4 Å². The van der Waals surface area contributed by atoms with Crippen molar-refractivity contribution in [3.8, 4) is 5.75 Å². The molecule has 0 heterocycles. The van der Waals surface area contributed by atoms with Crippen LogP contribution < -0.4 is 16.4 Å². The van der Waals surface area contributed by atoms with Gasteiger partial charge in [-0.15, -0.1) is 0 Å². The third-order valence-corrected chi connectivity index (χ3v) is 5.84.